The summed E-state index contributed by atoms with van der Waals surface area (Å²) in [4.78, 5) is 0. The van der Waals surface area contributed by atoms with Gasteiger partial charge in [0, 0.05) is 49.2 Å². The molecule has 450 valence electrons. The van der Waals surface area contributed by atoms with E-state index in [1.807, 2.05) is 0 Å². The van der Waals surface area contributed by atoms with Gasteiger partial charge in [-0.3, -0.25) is 0 Å². The summed E-state index contributed by atoms with van der Waals surface area (Å²) in [6, 6.07) is 105. The Morgan fingerprint density at radius 2 is 0.526 bits per heavy atom. The lowest BCUT2D eigenvalue weighted by Gasteiger charge is -2.22. The molecule has 0 fully saturated rings. The first-order valence-corrected chi connectivity index (χ1v) is 33.6. The van der Waals surface area contributed by atoms with Crippen LogP contribution >= 0.6 is 0 Å². The topological polar surface area (TPSA) is 9.86 Å². The second-order valence-corrected chi connectivity index (χ2v) is 28.5. The third-order valence-electron chi connectivity index (χ3n) is 22.1. The monoisotopic (exact) mass is 1210 g/mol. The van der Waals surface area contributed by atoms with Gasteiger partial charge in [-0.15, -0.1) is 0 Å². The van der Waals surface area contributed by atoms with E-state index in [-0.39, 0.29) is 16.2 Å². The average molecular weight is 1210 g/mol. The number of para-hydroxylation sites is 2. The lowest BCUT2D eigenvalue weighted by molar-refractivity contribution is 0.660. The number of rotatable bonds is 8. The first-order valence-electron chi connectivity index (χ1n) is 33.6. The van der Waals surface area contributed by atoms with Crippen molar-refractivity contribution in [1.82, 2.24) is 9.13 Å². The number of fused-ring (bicyclic) bond motifs is 17. The van der Waals surface area contributed by atoms with Gasteiger partial charge >= 0.3 is 0 Å². The molecule has 3 aliphatic carbocycles. The van der Waals surface area contributed by atoms with E-state index in [0.717, 1.165) is 0 Å². The fourth-order valence-electron chi connectivity index (χ4n) is 17.0. The number of hydrogen-bond acceptors (Lipinski definition) is 0. The minimum Gasteiger partial charge on any atom is -0.309 e. The molecule has 14 aromatic carbocycles. The Labute approximate surface area is 554 Å². The van der Waals surface area contributed by atoms with Crippen molar-refractivity contribution < 1.29 is 0 Å². The predicted molar refractivity (Wildman–Crippen MR) is 404 cm³/mol. The molecule has 3 aliphatic rings. The van der Waals surface area contributed by atoms with Crippen molar-refractivity contribution in [2.24, 2.45) is 0 Å². The van der Waals surface area contributed by atoms with Crippen molar-refractivity contribution in [3.63, 3.8) is 0 Å². The third kappa shape index (κ3) is 8.43. The minimum absolute atomic E-state index is 0.0677. The van der Waals surface area contributed by atoms with Gasteiger partial charge in [-0.25, -0.2) is 0 Å². The highest BCUT2D eigenvalue weighted by Crippen LogP contribution is 2.53. The smallest absolute Gasteiger partial charge is 0.0541 e. The number of nitrogens with zero attached hydrogens (tertiary/aromatic N) is 2. The van der Waals surface area contributed by atoms with E-state index in [2.05, 4.69) is 354 Å². The van der Waals surface area contributed by atoms with Gasteiger partial charge < -0.3 is 9.13 Å². The maximum atomic E-state index is 2.46. The fraction of sp³-hybridized carbons (Fsp3) is 0.0968. The van der Waals surface area contributed by atoms with Gasteiger partial charge in [0.1, 0.15) is 0 Å². The van der Waals surface area contributed by atoms with Crippen LogP contribution in [0.1, 0.15) is 97.2 Å². The summed E-state index contributed by atoms with van der Waals surface area (Å²) in [5.41, 5.74) is 33.0. The highest BCUT2D eigenvalue weighted by atomic mass is 15.0. The maximum Gasteiger partial charge on any atom is 0.0541 e. The standard InChI is InChI=1S/C93H68N2/c1-91(2)81-19-11-7-15-71(81)75-43-39-69(55-85(75)91)94-87-21-13-9-17-77(87)79-53-67(37-45-89(79)94)65-35-33-61-47-57(27-31-63(61)51-65)23-25-59-29-41-73-74-42-30-60(50-84(74)93(5,6)83(73)49-59)26-24-58-28-32-64-52-66(36-34-62(64)48-58)68-38-46-90-80(54-68)78-18-10-14-22-88(78)95(90)70-40-44-76-72-16-8-12-20-82(72)92(3,4)86(76)56-70/h7-56H,1-6H3/b25-23+,26-24+. The van der Waals surface area contributed by atoms with Gasteiger partial charge in [-0.1, -0.05) is 260 Å². The molecule has 16 aromatic rings. The van der Waals surface area contributed by atoms with Crippen molar-refractivity contribution in [2.75, 3.05) is 0 Å². The SMILES string of the molecule is CC1(C)c2cc(/C=C/c3ccc4cc(-c5ccc6c(c5)c5ccccc5n6-c5ccc6c(c5)C(C)(C)c5ccccc5-6)ccc4c3)ccc2-c2ccc(/C=C/c3ccc4cc(-c5ccc6c(c5)c5ccccc5n6-c5ccc6c(c5)C(C)(C)c5ccccc5-6)ccc4c3)cc21. The maximum absolute atomic E-state index is 2.46. The van der Waals surface area contributed by atoms with E-state index in [0.29, 0.717) is 0 Å². The Kier molecular flexibility index (Phi) is 11.8. The van der Waals surface area contributed by atoms with Crippen LogP contribution in [-0.4, -0.2) is 9.13 Å². The summed E-state index contributed by atoms with van der Waals surface area (Å²) < 4.78 is 4.91. The molecular weight excluding hydrogens is 1150 g/mol. The van der Waals surface area contributed by atoms with Crippen molar-refractivity contribution >= 4 is 89.5 Å². The highest BCUT2D eigenvalue weighted by molar-refractivity contribution is 6.12. The molecular formula is C93H68N2. The van der Waals surface area contributed by atoms with Gasteiger partial charge in [0.25, 0.3) is 0 Å². The molecule has 19 rings (SSSR count). The van der Waals surface area contributed by atoms with Crippen LogP contribution in [0.25, 0.3) is 156 Å². The molecule has 95 heavy (non-hydrogen) atoms. The van der Waals surface area contributed by atoms with Crippen LogP contribution in [0.5, 0.6) is 0 Å². The van der Waals surface area contributed by atoms with Crippen LogP contribution < -0.4 is 0 Å². The molecule has 0 saturated carbocycles. The van der Waals surface area contributed by atoms with Crippen molar-refractivity contribution in [1.29, 1.82) is 0 Å². The molecule has 2 nitrogen and oxygen atoms in total. The molecule has 2 aromatic heterocycles. The Bertz CT molecular complexity index is 5690. The van der Waals surface area contributed by atoms with E-state index in [1.54, 1.807) is 0 Å². The van der Waals surface area contributed by atoms with Crippen LogP contribution in [0.3, 0.4) is 0 Å². The second kappa shape index (κ2) is 20.3. The van der Waals surface area contributed by atoms with Crippen molar-refractivity contribution in [2.45, 2.75) is 57.8 Å². The average Bonchev–Trinajstić information content (AvgIpc) is 1.58. The van der Waals surface area contributed by atoms with Gasteiger partial charge in [-0.05, 0) is 218 Å². The van der Waals surface area contributed by atoms with Gasteiger partial charge in [0.05, 0.1) is 22.1 Å². The van der Waals surface area contributed by atoms with E-state index < -0.39 is 0 Å². The lowest BCUT2D eigenvalue weighted by atomic mass is 9.81. The van der Waals surface area contributed by atoms with Crippen molar-refractivity contribution in [3.8, 4) is 67.0 Å². The molecule has 0 unspecified atom stereocenters. The molecule has 0 spiro atoms. The summed E-state index contributed by atoms with van der Waals surface area (Å²) in [5.74, 6) is 0. The van der Waals surface area contributed by atoms with Gasteiger partial charge in [0.2, 0.25) is 0 Å². The molecule has 0 bridgehead atoms. The minimum atomic E-state index is -0.150. The Hall–Kier alpha value is -11.3. The normalized spacial score (nSPS) is 14.6. The Morgan fingerprint density at radius 1 is 0.221 bits per heavy atom. The molecule has 0 N–H and O–H groups in total. The van der Waals surface area contributed by atoms with E-state index >= 15 is 0 Å². The van der Waals surface area contributed by atoms with E-state index in [9.17, 15) is 0 Å². The molecule has 0 radical (unpaired) electrons. The molecule has 0 saturated heterocycles. The van der Waals surface area contributed by atoms with Crippen LogP contribution in [0, 0.1) is 0 Å². The summed E-state index contributed by atoms with van der Waals surface area (Å²) in [7, 11) is 0. The largest absolute Gasteiger partial charge is 0.309 e. The van der Waals surface area contributed by atoms with E-state index in [1.165, 1.54) is 188 Å². The van der Waals surface area contributed by atoms with Gasteiger partial charge in [0.15, 0.2) is 0 Å². The number of benzene rings is 14. The summed E-state index contributed by atoms with van der Waals surface area (Å²) in [6.07, 6.45) is 9.08. The highest BCUT2D eigenvalue weighted by Gasteiger charge is 2.38. The number of hydrogen-bond donors (Lipinski definition) is 0. The van der Waals surface area contributed by atoms with E-state index in [4.69, 9.17) is 0 Å². The molecule has 0 atom stereocenters. The first kappa shape index (κ1) is 55.3. The lowest BCUT2D eigenvalue weighted by Crippen LogP contribution is -2.15. The summed E-state index contributed by atoms with van der Waals surface area (Å²) in [6.45, 7) is 14.2. The zero-order valence-corrected chi connectivity index (χ0v) is 54.3. The molecule has 2 heterocycles. The first-order chi connectivity index (χ1) is 46.3. The van der Waals surface area contributed by atoms with Crippen LogP contribution in [0.4, 0.5) is 0 Å². The molecule has 0 aliphatic heterocycles. The second-order valence-electron chi connectivity index (χ2n) is 28.5. The van der Waals surface area contributed by atoms with Crippen LogP contribution in [-0.2, 0) is 16.2 Å². The summed E-state index contributed by atoms with van der Waals surface area (Å²) in [5, 5.41) is 9.99. The van der Waals surface area contributed by atoms with Crippen LogP contribution in [0.2, 0.25) is 0 Å². The van der Waals surface area contributed by atoms with Crippen molar-refractivity contribution in [3.05, 3.63) is 335 Å². The van der Waals surface area contributed by atoms with Crippen LogP contribution in [0.15, 0.2) is 279 Å². The number of aromatic nitrogens is 2. The zero-order valence-electron chi connectivity index (χ0n) is 54.3. The Morgan fingerprint density at radius 3 is 0.979 bits per heavy atom. The molecule has 0 amide bonds. The third-order valence-corrected chi connectivity index (χ3v) is 22.1. The predicted octanol–water partition coefficient (Wildman–Crippen LogP) is 24.8. The van der Waals surface area contributed by atoms with Gasteiger partial charge in [-0.2, -0.15) is 0 Å². The fourth-order valence-corrected chi connectivity index (χ4v) is 17.0. The quantitative estimate of drug-likeness (QED) is 0.134. The zero-order chi connectivity index (χ0) is 63.6. The molecule has 2 heteroatoms. The summed E-state index contributed by atoms with van der Waals surface area (Å²) >= 11 is 0. The Balaban J connectivity index is 0.546.